The lowest BCUT2D eigenvalue weighted by Crippen LogP contribution is -2.50. The van der Waals surface area contributed by atoms with Crippen LogP contribution in [0.1, 0.15) is 36.7 Å². The molecule has 1 aromatic heterocycles. The lowest BCUT2D eigenvalue weighted by molar-refractivity contribution is 0.0591. The summed E-state index contributed by atoms with van der Waals surface area (Å²) in [7, 11) is 6.36. The maximum absolute atomic E-state index is 12.8. The summed E-state index contributed by atoms with van der Waals surface area (Å²) >= 11 is 0. The summed E-state index contributed by atoms with van der Waals surface area (Å²) in [5, 5.41) is 4.28. The fourth-order valence-corrected chi connectivity index (χ4v) is 3.11. The van der Waals surface area contributed by atoms with E-state index in [-0.39, 0.29) is 5.91 Å². The number of piperidine rings is 1. The molecule has 0 spiro atoms. The number of carbonyl (C=O) groups is 1. The quantitative estimate of drug-likeness (QED) is 0.761. The van der Waals surface area contributed by atoms with Crippen LogP contribution in [0.25, 0.3) is 0 Å². The highest BCUT2D eigenvalue weighted by Gasteiger charge is 2.28. The summed E-state index contributed by atoms with van der Waals surface area (Å²) < 4.78 is 1.84. The zero-order valence-corrected chi connectivity index (χ0v) is 15.0. The number of amides is 1. The van der Waals surface area contributed by atoms with Gasteiger partial charge in [-0.05, 0) is 46.5 Å². The van der Waals surface area contributed by atoms with E-state index in [4.69, 9.17) is 0 Å². The molecule has 0 radical (unpaired) electrons. The highest BCUT2D eigenvalue weighted by molar-refractivity contribution is 5.92. The second-order valence-electron chi connectivity index (χ2n) is 6.77. The Hall–Kier alpha value is -1.40. The molecule has 6 nitrogen and oxygen atoms in total. The molecule has 0 saturated carbocycles. The van der Waals surface area contributed by atoms with Gasteiger partial charge in [0.1, 0.15) is 5.69 Å². The molecule has 1 aromatic rings. The molecule has 1 aliphatic rings. The number of carbonyl (C=O) groups excluding carboxylic acids is 1. The van der Waals surface area contributed by atoms with Gasteiger partial charge in [0.2, 0.25) is 0 Å². The van der Waals surface area contributed by atoms with E-state index in [0.29, 0.717) is 6.04 Å². The van der Waals surface area contributed by atoms with Crippen molar-refractivity contribution >= 4 is 5.91 Å². The fraction of sp³-hybridized carbons (Fsp3) is 0.765. The predicted octanol–water partition coefficient (Wildman–Crippen LogP) is 1.39. The SMILES string of the molecule is CCCn1nccc1C(=O)N1CCC[C@@H](N(C)CCN(C)C)C1. The number of hydrogen-bond acceptors (Lipinski definition) is 4. The highest BCUT2D eigenvalue weighted by atomic mass is 16.2. The average molecular weight is 321 g/mol. The third-order valence-corrected chi connectivity index (χ3v) is 4.58. The largest absolute Gasteiger partial charge is 0.336 e. The van der Waals surface area contributed by atoms with Crippen LogP contribution < -0.4 is 0 Å². The van der Waals surface area contributed by atoms with E-state index in [2.05, 4.69) is 43.0 Å². The Morgan fingerprint density at radius 2 is 2.13 bits per heavy atom. The average Bonchev–Trinajstić information content (AvgIpc) is 3.00. The first-order valence-corrected chi connectivity index (χ1v) is 8.69. The zero-order chi connectivity index (χ0) is 16.8. The van der Waals surface area contributed by atoms with Crippen LogP contribution in [0.15, 0.2) is 12.3 Å². The number of aryl methyl sites for hydroxylation is 1. The van der Waals surface area contributed by atoms with E-state index in [0.717, 1.165) is 51.3 Å². The van der Waals surface area contributed by atoms with Crippen molar-refractivity contribution in [2.24, 2.45) is 0 Å². The summed E-state index contributed by atoms with van der Waals surface area (Å²) in [5.74, 6) is 0.127. The third kappa shape index (κ3) is 4.78. The second-order valence-corrected chi connectivity index (χ2v) is 6.77. The van der Waals surface area contributed by atoms with Crippen molar-refractivity contribution in [3.63, 3.8) is 0 Å². The molecule has 1 saturated heterocycles. The smallest absolute Gasteiger partial charge is 0.272 e. The van der Waals surface area contributed by atoms with E-state index in [1.807, 2.05) is 15.6 Å². The molecule has 2 rings (SSSR count). The van der Waals surface area contributed by atoms with E-state index < -0.39 is 0 Å². The molecule has 0 bridgehead atoms. The van der Waals surface area contributed by atoms with Crippen molar-refractivity contribution in [1.82, 2.24) is 24.5 Å². The van der Waals surface area contributed by atoms with Gasteiger partial charge in [0.15, 0.2) is 0 Å². The number of likely N-dealkylation sites (tertiary alicyclic amines) is 1. The second kappa shape index (κ2) is 8.45. The first-order valence-electron chi connectivity index (χ1n) is 8.69. The van der Waals surface area contributed by atoms with Crippen LogP contribution >= 0.6 is 0 Å². The Labute approximate surface area is 140 Å². The zero-order valence-electron chi connectivity index (χ0n) is 15.0. The van der Waals surface area contributed by atoms with Gasteiger partial charge in [-0.25, -0.2) is 0 Å². The van der Waals surface area contributed by atoms with Crippen molar-refractivity contribution < 1.29 is 4.79 Å². The van der Waals surface area contributed by atoms with E-state index >= 15 is 0 Å². The van der Waals surface area contributed by atoms with E-state index in [1.54, 1.807) is 6.20 Å². The van der Waals surface area contributed by atoms with Crippen LogP contribution in [0.3, 0.4) is 0 Å². The molecule has 0 N–H and O–H groups in total. The number of aromatic nitrogens is 2. The Morgan fingerprint density at radius 3 is 2.83 bits per heavy atom. The predicted molar refractivity (Wildman–Crippen MR) is 92.6 cm³/mol. The van der Waals surface area contributed by atoms with Gasteiger partial charge < -0.3 is 14.7 Å². The number of hydrogen-bond donors (Lipinski definition) is 0. The summed E-state index contributed by atoms with van der Waals surface area (Å²) in [4.78, 5) is 19.4. The lowest BCUT2D eigenvalue weighted by atomic mass is 10.0. The minimum absolute atomic E-state index is 0.127. The number of likely N-dealkylation sites (N-methyl/N-ethyl adjacent to an activating group) is 2. The lowest BCUT2D eigenvalue weighted by Gasteiger charge is -2.38. The minimum Gasteiger partial charge on any atom is -0.336 e. The van der Waals surface area contributed by atoms with Gasteiger partial charge in [-0.3, -0.25) is 9.48 Å². The molecule has 0 unspecified atom stereocenters. The molecular formula is C17H31N5O. The number of rotatable bonds is 7. The Bertz CT molecular complexity index is 499. The van der Waals surface area contributed by atoms with Gasteiger partial charge in [0, 0.05) is 45.0 Å². The van der Waals surface area contributed by atoms with Crippen molar-refractivity contribution in [3.05, 3.63) is 18.0 Å². The third-order valence-electron chi connectivity index (χ3n) is 4.58. The molecule has 2 heterocycles. The van der Waals surface area contributed by atoms with E-state index in [9.17, 15) is 4.79 Å². The minimum atomic E-state index is 0.127. The van der Waals surface area contributed by atoms with Gasteiger partial charge in [-0.1, -0.05) is 6.92 Å². The van der Waals surface area contributed by atoms with Crippen molar-refractivity contribution in [3.8, 4) is 0 Å². The summed E-state index contributed by atoms with van der Waals surface area (Å²) in [6.45, 7) is 6.66. The number of nitrogens with zero attached hydrogens (tertiary/aromatic N) is 5. The molecule has 1 amide bonds. The first-order chi connectivity index (χ1) is 11.0. The summed E-state index contributed by atoms with van der Waals surface area (Å²) in [5.41, 5.74) is 0.725. The summed E-state index contributed by atoms with van der Waals surface area (Å²) in [6.07, 6.45) is 4.96. The van der Waals surface area contributed by atoms with Crippen LogP contribution in [-0.2, 0) is 6.54 Å². The van der Waals surface area contributed by atoms with Gasteiger partial charge in [-0.2, -0.15) is 5.10 Å². The standard InChI is InChI=1S/C17H31N5O/c1-5-10-22-16(8-9-18-22)17(23)21-11-6-7-15(14-21)20(4)13-12-19(2)3/h8-9,15H,5-7,10-14H2,1-4H3/t15-/m1/s1. The van der Waals surface area contributed by atoms with Crippen molar-refractivity contribution in [2.75, 3.05) is 47.3 Å². The fourth-order valence-electron chi connectivity index (χ4n) is 3.11. The normalized spacial score (nSPS) is 18.9. The Morgan fingerprint density at radius 1 is 1.35 bits per heavy atom. The molecule has 0 aliphatic carbocycles. The van der Waals surface area contributed by atoms with Crippen LogP contribution in [0.2, 0.25) is 0 Å². The van der Waals surface area contributed by atoms with Crippen molar-refractivity contribution in [1.29, 1.82) is 0 Å². The maximum Gasteiger partial charge on any atom is 0.272 e. The Balaban J connectivity index is 1.97. The van der Waals surface area contributed by atoms with Crippen LogP contribution in [0.4, 0.5) is 0 Å². The highest BCUT2D eigenvalue weighted by Crippen LogP contribution is 2.17. The topological polar surface area (TPSA) is 44.6 Å². The Kier molecular flexibility index (Phi) is 6.59. The van der Waals surface area contributed by atoms with Gasteiger partial charge in [0.05, 0.1) is 0 Å². The maximum atomic E-state index is 12.8. The van der Waals surface area contributed by atoms with Crippen LogP contribution in [-0.4, -0.2) is 83.8 Å². The monoisotopic (exact) mass is 321 g/mol. The van der Waals surface area contributed by atoms with Crippen LogP contribution in [0, 0.1) is 0 Å². The first kappa shape index (κ1) is 17.9. The molecular weight excluding hydrogens is 290 g/mol. The molecule has 1 aliphatic heterocycles. The van der Waals surface area contributed by atoms with E-state index in [1.165, 1.54) is 6.42 Å². The van der Waals surface area contributed by atoms with Gasteiger partial charge in [0.25, 0.3) is 5.91 Å². The molecule has 23 heavy (non-hydrogen) atoms. The molecule has 6 heteroatoms. The molecule has 1 fully saturated rings. The molecule has 0 aromatic carbocycles. The van der Waals surface area contributed by atoms with Crippen LogP contribution in [0.5, 0.6) is 0 Å². The summed E-state index contributed by atoms with van der Waals surface area (Å²) in [6, 6.07) is 2.30. The molecule has 130 valence electrons. The molecule has 1 atom stereocenters. The van der Waals surface area contributed by atoms with Gasteiger partial charge in [-0.15, -0.1) is 0 Å². The van der Waals surface area contributed by atoms with Gasteiger partial charge >= 0.3 is 0 Å². The van der Waals surface area contributed by atoms with Crippen molar-refractivity contribution in [2.45, 2.75) is 38.8 Å².